The molecule has 2 aromatic rings. The van der Waals surface area contributed by atoms with Crippen molar-refractivity contribution in [2.75, 3.05) is 0 Å². The van der Waals surface area contributed by atoms with Crippen LogP contribution in [0.5, 0.6) is 11.5 Å². The minimum absolute atomic E-state index is 0.448. The van der Waals surface area contributed by atoms with Crippen molar-refractivity contribution in [3.8, 4) is 11.5 Å². The van der Waals surface area contributed by atoms with Crippen LogP contribution in [0, 0.1) is 31.9 Å². The van der Waals surface area contributed by atoms with Crippen molar-refractivity contribution in [2.45, 2.75) is 0 Å². The molecule has 2 aromatic carbocycles. The molecule has 0 saturated heterocycles. The van der Waals surface area contributed by atoms with Crippen LogP contribution in [0.1, 0.15) is 0 Å². The van der Waals surface area contributed by atoms with Gasteiger partial charge < -0.3 is 9.05 Å². The lowest BCUT2D eigenvalue weighted by atomic mass is 10.3. The highest BCUT2D eigenvalue weighted by Gasteiger charge is 2.15. The third-order valence-electron chi connectivity index (χ3n) is 2.54. The van der Waals surface area contributed by atoms with E-state index in [2.05, 4.69) is 0 Å². The quantitative estimate of drug-likeness (QED) is 0.438. The molecule has 2 rings (SSSR count). The van der Waals surface area contributed by atoms with Gasteiger partial charge in [-0.05, 0) is 0 Å². The van der Waals surface area contributed by atoms with Gasteiger partial charge in [0, 0.05) is 12.1 Å². The standard InChI is InChI=1S/C12H7F2N2O7P/c13-7-1-9(15(17)18)5-11(3-7)22-24(21)23-12-4-8(14)2-10(6-12)16(19)20/h1-6,24H. The molecule has 0 radical (unpaired) electrons. The molecule has 0 N–H and O–H groups in total. The first-order valence-corrected chi connectivity index (χ1v) is 7.26. The third kappa shape index (κ3) is 4.46. The summed E-state index contributed by atoms with van der Waals surface area (Å²) in [6.45, 7) is 0. The largest absolute Gasteiger partial charge is 0.418 e. The number of hydrogen-bond donors (Lipinski definition) is 0. The Labute approximate surface area is 132 Å². The van der Waals surface area contributed by atoms with Crippen molar-refractivity contribution in [3.05, 3.63) is 68.3 Å². The van der Waals surface area contributed by atoms with Crippen LogP contribution in [0.4, 0.5) is 20.2 Å². The second-order valence-electron chi connectivity index (χ2n) is 4.26. The molecular weight excluding hydrogens is 353 g/mol. The smallest absolute Gasteiger partial charge is 0.418 e. The monoisotopic (exact) mass is 360 g/mol. The molecular formula is C12H7F2N2O7P. The van der Waals surface area contributed by atoms with Crippen molar-refractivity contribution in [3.63, 3.8) is 0 Å². The average molecular weight is 360 g/mol. The number of rotatable bonds is 6. The van der Waals surface area contributed by atoms with Gasteiger partial charge in [0.1, 0.15) is 23.1 Å². The van der Waals surface area contributed by atoms with Crippen molar-refractivity contribution in [2.24, 2.45) is 0 Å². The Morgan fingerprint density at radius 1 is 0.792 bits per heavy atom. The van der Waals surface area contributed by atoms with Crippen LogP contribution < -0.4 is 9.05 Å². The molecule has 12 heteroatoms. The van der Waals surface area contributed by atoms with E-state index in [1.807, 2.05) is 0 Å². The Bertz CT molecular complexity index is 779. The van der Waals surface area contributed by atoms with E-state index >= 15 is 0 Å². The summed E-state index contributed by atoms with van der Waals surface area (Å²) in [5.74, 6) is -2.90. The van der Waals surface area contributed by atoms with Crippen LogP contribution >= 0.6 is 8.25 Å². The zero-order chi connectivity index (χ0) is 17.9. The van der Waals surface area contributed by atoms with Gasteiger partial charge >= 0.3 is 8.25 Å². The Morgan fingerprint density at radius 3 is 1.50 bits per heavy atom. The normalized spacial score (nSPS) is 10.5. The lowest BCUT2D eigenvalue weighted by molar-refractivity contribution is -0.385. The predicted molar refractivity (Wildman–Crippen MR) is 76.4 cm³/mol. The van der Waals surface area contributed by atoms with Crippen LogP contribution in [0.3, 0.4) is 0 Å². The number of nitrogens with zero attached hydrogens (tertiary/aromatic N) is 2. The van der Waals surface area contributed by atoms with Crippen LogP contribution in [0.2, 0.25) is 0 Å². The number of nitro groups is 2. The number of non-ortho nitro benzene ring substituents is 2. The maximum Gasteiger partial charge on any atom is 0.418 e. The van der Waals surface area contributed by atoms with Gasteiger partial charge in [-0.15, -0.1) is 0 Å². The van der Waals surface area contributed by atoms with Crippen LogP contribution in [0.25, 0.3) is 0 Å². The highest BCUT2D eigenvalue weighted by atomic mass is 31.1. The van der Waals surface area contributed by atoms with E-state index in [-0.39, 0.29) is 0 Å². The van der Waals surface area contributed by atoms with Gasteiger partial charge in [0.15, 0.2) is 0 Å². The molecule has 0 fully saturated rings. The topological polar surface area (TPSA) is 122 Å². The third-order valence-corrected chi connectivity index (χ3v) is 3.34. The van der Waals surface area contributed by atoms with Crippen molar-refractivity contribution in [1.82, 2.24) is 0 Å². The number of hydrogen-bond acceptors (Lipinski definition) is 7. The second-order valence-corrected chi connectivity index (χ2v) is 5.17. The lowest BCUT2D eigenvalue weighted by Crippen LogP contribution is -1.94. The minimum atomic E-state index is -3.44. The molecule has 0 saturated carbocycles. The summed E-state index contributed by atoms with van der Waals surface area (Å²) in [6, 6.07) is 4.33. The van der Waals surface area contributed by atoms with E-state index in [1.54, 1.807) is 0 Å². The number of halogens is 2. The number of benzene rings is 2. The molecule has 0 aliphatic heterocycles. The molecule has 0 unspecified atom stereocenters. The van der Waals surface area contributed by atoms with E-state index in [0.717, 1.165) is 24.3 Å². The fourth-order valence-corrected chi connectivity index (χ4v) is 2.30. The van der Waals surface area contributed by atoms with Crippen LogP contribution in [-0.4, -0.2) is 9.85 Å². The fourth-order valence-electron chi connectivity index (χ4n) is 1.64. The molecule has 0 heterocycles. The molecule has 0 aliphatic rings. The van der Waals surface area contributed by atoms with Gasteiger partial charge in [-0.2, -0.15) is 0 Å². The second kappa shape index (κ2) is 7.01. The average Bonchev–Trinajstić information content (AvgIpc) is 2.45. The predicted octanol–water partition coefficient (Wildman–Crippen LogP) is 3.63. The maximum absolute atomic E-state index is 13.2. The van der Waals surface area contributed by atoms with Gasteiger partial charge in [0.05, 0.1) is 34.1 Å². The van der Waals surface area contributed by atoms with Crippen molar-refractivity contribution < 1.29 is 32.2 Å². The van der Waals surface area contributed by atoms with E-state index in [0.29, 0.717) is 12.1 Å². The first-order chi connectivity index (χ1) is 11.2. The number of nitro benzene ring substituents is 2. The summed E-state index contributed by atoms with van der Waals surface area (Å²) in [7, 11) is -3.44. The molecule has 0 spiro atoms. The Kier molecular flexibility index (Phi) is 5.05. The molecule has 0 atom stereocenters. The molecule has 24 heavy (non-hydrogen) atoms. The van der Waals surface area contributed by atoms with Crippen molar-refractivity contribution in [1.29, 1.82) is 0 Å². The lowest BCUT2D eigenvalue weighted by Gasteiger charge is -2.08. The summed E-state index contributed by atoms with van der Waals surface area (Å²) in [5.41, 5.74) is -1.28. The molecule has 0 bridgehead atoms. The SMILES string of the molecule is O=[N+]([O-])c1cc(F)cc(O[PH](=O)Oc2cc(F)cc([N+](=O)[O-])c2)c1. The summed E-state index contributed by atoms with van der Waals surface area (Å²) in [6.07, 6.45) is 0. The van der Waals surface area contributed by atoms with Gasteiger partial charge in [-0.25, -0.2) is 13.3 Å². The van der Waals surface area contributed by atoms with Crippen LogP contribution in [-0.2, 0) is 4.57 Å². The Hall–Kier alpha value is -3.07. The van der Waals surface area contributed by atoms with E-state index in [9.17, 15) is 33.6 Å². The summed E-state index contributed by atoms with van der Waals surface area (Å²) in [5, 5.41) is 21.2. The van der Waals surface area contributed by atoms with Gasteiger partial charge in [0.25, 0.3) is 11.4 Å². The van der Waals surface area contributed by atoms with Gasteiger partial charge in [-0.1, -0.05) is 0 Å². The van der Waals surface area contributed by atoms with Crippen LogP contribution in [0.15, 0.2) is 36.4 Å². The van der Waals surface area contributed by atoms with E-state index < -0.39 is 52.6 Å². The van der Waals surface area contributed by atoms with Crippen molar-refractivity contribution >= 4 is 19.6 Å². The molecule has 9 nitrogen and oxygen atoms in total. The van der Waals surface area contributed by atoms with Gasteiger partial charge in [0.2, 0.25) is 0 Å². The molecule has 126 valence electrons. The first kappa shape index (κ1) is 17.3. The molecule has 0 aliphatic carbocycles. The fraction of sp³-hybridized carbons (Fsp3) is 0. The zero-order valence-electron chi connectivity index (χ0n) is 11.5. The first-order valence-electron chi connectivity index (χ1n) is 6.04. The van der Waals surface area contributed by atoms with E-state index in [4.69, 9.17) is 9.05 Å². The Morgan fingerprint density at radius 2 is 1.17 bits per heavy atom. The van der Waals surface area contributed by atoms with E-state index in [1.165, 1.54) is 0 Å². The summed E-state index contributed by atoms with van der Waals surface area (Å²) in [4.78, 5) is 19.4. The summed E-state index contributed by atoms with van der Waals surface area (Å²) >= 11 is 0. The summed E-state index contributed by atoms with van der Waals surface area (Å²) < 4.78 is 47.6. The molecule has 0 amide bonds. The molecule has 0 aromatic heterocycles. The maximum atomic E-state index is 13.2. The zero-order valence-corrected chi connectivity index (χ0v) is 12.5. The highest BCUT2D eigenvalue weighted by molar-refractivity contribution is 7.34. The van der Waals surface area contributed by atoms with Gasteiger partial charge in [-0.3, -0.25) is 20.2 Å². The minimum Gasteiger partial charge on any atom is -0.418 e. The highest BCUT2D eigenvalue weighted by Crippen LogP contribution is 2.34. The Balaban J connectivity index is 2.17.